The third-order valence-electron chi connectivity index (χ3n) is 5.68. The first-order chi connectivity index (χ1) is 13.7. The van der Waals surface area contributed by atoms with Crippen molar-refractivity contribution in [1.29, 1.82) is 0 Å². The Morgan fingerprint density at radius 3 is 2.57 bits per heavy atom. The molecule has 0 amide bonds. The predicted molar refractivity (Wildman–Crippen MR) is 109 cm³/mol. The molecule has 28 heavy (non-hydrogen) atoms. The van der Waals surface area contributed by atoms with Gasteiger partial charge in [0.15, 0.2) is 0 Å². The molecule has 3 rings (SSSR count). The first kappa shape index (κ1) is 21.3. The maximum Gasteiger partial charge on any atom is 0.201 e. The Balaban J connectivity index is 1.51. The number of ether oxygens (including phenoxy) is 2. The molecule has 1 aromatic rings. The minimum absolute atomic E-state index is 0.0323. The summed E-state index contributed by atoms with van der Waals surface area (Å²) >= 11 is 0. The molecule has 1 aliphatic heterocycles. The SMILES string of the molecule is C=C(c1ccc(OC(CO)CCCCC)cc1)C1COC2(CCCCC2)OO1. The van der Waals surface area contributed by atoms with Gasteiger partial charge < -0.3 is 14.6 Å². The van der Waals surface area contributed by atoms with Crippen LogP contribution in [-0.2, 0) is 14.5 Å². The number of hydrogen-bond acceptors (Lipinski definition) is 5. The molecule has 0 radical (unpaired) electrons. The number of hydrogen-bond donors (Lipinski definition) is 1. The van der Waals surface area contributed by atoms with Crippen LogP contribution in [0.2, 0.25) is 0 Å². The van der Waals surface area contributed by atoms with Crippen molar-refractivity contribution in [2.24, 2.45) is 0 Å². The second-order valence-electron chi connectivity index (χ2n) is 7.92. The summed E-state index contributed by atoms with van der Waals surface area (Å²) in [6.07, 6.45) is 9.03. The standard InChI is InChI=1S/C23H34O5/c1-3-4-6-9-21(16-24)26-20-12-10-19(11-13-20)18(2)22-17-25-23(28-27-22)14-7-5-8-15-23/h10-13,21-22,24H,2-9,14-17H2,1H3. The summed E-state index contributed by atoms with van der Waals surface area (Å²) in [5, 5.41) is 9.52. The average molecular weight is 391 g/mol. The van der Waals surface area contributed by atoms with E-state index in [9.17, 15) is 5.11 Å². The van der Waals surface area contributed by atoms with Gasteiger partial charge in [0.25, 0.3) is 0 Å². The lowest BCUT2D eigenvalue weighted by Gasteiger charge is -2.41. The van der Waals surface area contributed by atoms with E-state index in [2.05, 4.69) is 13.5 Å². The molecule has 2 fully saturated rings. The van der Waals surface area contributed by atoms with E-state index < -0.39 is 5.79 Å². The van der Waals surface area contributed by atoms with E-state index in [1.807, 2.05) is 24.3 Å². The van der Waals surface area contributed by atoms with Gasteiger partial charge in [-0.05, 0) is 49.0 Å². The highest BCUT2D eigenvalue weighted by atomic mass is 17.2. The van der Waals surface area contributed by atoms with Crippen molar-refractivity contribution in [3.8, 4) is 5.75 Å². The molecule has 1 saturated heterocycles. The van der Waals surface area contributed by atoms with Crippen LogP contribution in [-0.4, -0.2) is 36.3 Å². The van der Waals surface area contributed by atoms with E-state index in [-0.39, 0.29) is 18.8 Å². The monoisotopic (exact) mass is 390 g/mol. The zero-order valence-electron chi connectivity index (χ0n) is 17.0. The highest BCUT2D eigenvalue weighted by Crippen LogP contribution is 2.37. The van der Waals surface area contributed by atoms with Gasteiger partial charge in [-0.3, -0.25) is 0 Å². The van der Waals surface area contributed by atoms with Gasteiger partial charge >= 0.3 is 0 Å². The second-order valence-corrected chi connectivity index (χ2v) is 7.92. The summed E-state index contributed by atoms with van der Waals surface area (Å²) in [6.45, 7) is 6.83. The molecule has 1 spiro atoms. The van der Waals surface area contributed by atoms with Gasteiger partial charge in [0, 0.05) is 12.8 Å². The minimum atomic E-state index is -0.552. The van der Waals surface area contributed by atoms with Crippen LogP contribution in [0.3, 0.4) is 0 Å². The molecule has 2 atom stereocenters. The van der Waals surface area contributed by atoms with E-state index in [4.69, 9.17) is 19.2 Å². The Morgan fingerprint density at radius 1 is 1.21 bits per heavy atom. The van der Waals surface area contributed by atoms with Crippen LogP contribution < -0.4 is 4.74 Å². The smallest absolute Gasteiger partial charge is 0.201 e. The van der Waals surface area contributed by atoms with Crippen molar-refractivity contribution in [2.45, 2.75) is 82.7 Å². The van der Waals surface area contributed by atoms with Crippen molar-refractivity contribution < 1.29 is 24.4 Å². The van der Waals surface area contributed by atoms with Gasteiger partial charge in [-0.15, -0.1) is 0 Å². The molecule has 1 aliphatic carbocycles. The average Bonchev–Trinajstić information content (AvgIpc) is 2.74. The van der Waals surface area contributed by atoms with E-state index in [1.165, 1.54) is 6.42 Å². The second kappa shape index (κ2) is 10.4. The molecule has 1 heterocycles. The molecular weight excluding hydrogens is 356 g/mol. The number of aliphatic hydroxyl groups excluding tert-OH is 1. The fourth-order valence-corrected chi connectivity index (χ4v) is 3.84. The van der Waals surface area contributed by atoms with Crippen molar-refractivity contribution in [3.63, 3.8) is 0 Å². The largest absolute Gasteiger partial charge is 0.488 e. The van der Waals surface area contributed by atoms with Crippen LogP contribution in [0.15, 0.2) is 30.8 Å². The molecule has 1 saturated carbocycles. The minimum Gasteiger partial charge on any atom is -0.488 e. The fraction of sp³-hybridized carbons (Fsp3) is 0.652. The van der Waals surface area contributed by atoms with E-state index in [1.54, 1.807) is 0 Å². The van der Waals surface area contributed by atoms with Crippen LogP contribution in [0.5, 0.6) is 5.75 Å². The number of aliphatic hydroxyl groups is 1. The zero-order chi connectivity index (χ0) is 19.8. The van der Waals surface area contributed by atoms with E-state index in [0.717, 1.165) is 68.3 Å². The summed E-state index contributed by atoms with van der Waals surface area (Å²) in [4.78, 5) is 11.3. The van der Waals surface area contributed by atoms with E-state index >= 15 is 0 Å². The van der Waals surface area contributed by atoms with Gasteiger partial charge in [-0.1, -0.05) is 44.9 Å². The lowest BCUT2D eigenvalue weighted by Crippen LogP contribution is -2.46. The lowest BCUT2D eigenvalue weighted by atomic mass is 9.94. The molecule has 5 heteroatoms. The molecule has 1 aromatic carbocycles. The lowest BCUT2D eigenvalue weighted by molar-refractivity contribution is -0.483. The number of benzene rings is 1. The first-order valence-corrected chi connectivity index (χ1v) is 10.7. The van der Waals surface area contributed by atoms with Gasteiger partial charge in [0.2, 0.25) is 5.79 Å². The van der Waals surface area contributed by atoms with Crippen molar-refractivity contribution in [2.75, 3.05) is 13.2 Å². The van der Waals surface area contributed by atoms with Gasteiger partial charge in [0.1, 0.15) is 18.0 Å². The third-order valence-corrected chi connectivity index (χ3v) is 5.68. The Morgan fingerprint density at radius 2 is 1.96 bits per heavy atom. The summed E-state index contributed by atoms with van der Waals surface area (Å²) in [5.41, 5.74) is 1.80. The highest BCUT2D eigenvalue weighted by Gasteiger charge is 2.41. The molecule has 1 N–H and O–H groups in total. The summed E-state index contributed by atoms with van der Waals surface area (Å²) in [5.74, 6) is 0.203. The Hall–Kier alpha value is -1.40. The van der Waals surface area contributed by atoms with Gasteiger partial charge in [-0.2, -0.15) is 0 Å². The van der Waals surface area contributed by atoms with Gasteiger partial charge in [0.05, 0.1) is 13.2 Å². The van der Waals surface area contributed by atoms with Crippen LogP contribution >= 0.6 is 0 Å². The van der Waals surface area contributed by atoms with Crippen molar-refractivity contribution in [3.05, 3.63) is 36.4 Å². The van der Waals surface area contributed by atoms with Crippen LogP contribution in [0, 0.1) is 0 Å². The predicted octanol–water partition coefficient (Wildman–Crippen LogP) is 5.03. The molecular formula is C23H34O5. The van der Waals surface area contributed by atoms with Crippen molar-refractivity contribution >= 4 is 5.57 Å². The topological polar surface area (TPSA) is 57.2 Å². The summed E-state index contributed by atoms with van der Waals surface area (Å²) < 4.78 is 11.9. The van der Waals surface area contributed by atoms with Crippen molar-refractivity contribution in [1.82, 2.24) is 0 Å². The quantitative estimate of drug-likeness (QED) is 0.473. The zero-order valence-corrected chi connectivity index (χ0v) is 17.0. The normalized spacial score (nSPS) is 22.7. The molecule has 5 nitrogen and oxygen atoms in total. The molecule has 0 aromatic heterocycles. The van der Waals surface area contributed by atoms with Crippen LogP contribution in [0.1, 0.15) is 70.3 Å². The van der Waals surface area contributed by atoms with Crippen LogP contribution in [0.4, 0.5) is 0 Å². The first-order valence-electron chi connectivity index (χ1n) is 10.7. The molecule has 2 unspecified atom stereocenters. The summed E-state index contributed by atoms with van der Waals surface area (Å²) in [6, 6.07) is 7.76. The van der Waals surface area contributed by atoms with Gasteiger partial charge in [-0.25, -0.2) is 9.78 Å². The number of rotatable bonds is 9. The maximum atomic E-state index is 9.52. The highest BCUT2D eigenvalue weighted by molar-refractivity contribution is 5.67. The number of unbranched alkanes of at least 4 members (excludes halogenated alkanes) is 2. The molecule has 0 bridgehead atoms. The molecule has 156 valence electrons. The fourth-order valence-electron chi connectivity index (χ4n) is 3.84. The Bertz CT molecular complexity index is 596. The Kier molecular flexibility index (Phi) is 7.91. The maximum absolute atomic E-state index is 9.52. The van der Waals surface area contributed by atoms with E-state index in [0.29, 0.717) is 6.61 Å². The summed E-state index contributed by atoms with van der Waals surface area (Å²) in [7, 11) is 0. The molecule has 2 aliphatic rings. The van der Waals surface area contributed by atoms with Crippen LogP contribution in [0.25, 0.3) is 5.57 Å². The third kappa shape index (κ3) is 5.57. The Labute approximate surface area is 168 Å².